The number of benzene rings is 7. The van der Waals surface area contributed by atoms with Crippen molar-refractivity contribution >= 4 is 24.1 Å². The highest BCUT2D eigenvalue weighted by Gasteiger charge is 2.20. The first-order valence-electron chi connectivity index (χ1n) is 19.0. The molecule has 0 bridgehead atoms. The standard InChI is InChI=1S/C51H42O7/c52-50(57-36-41-23-12-4-13-24-41)43-31-48(55-34-39-19-8-2-9-20-39)46(49(32-43)56-35-40-21-10-3-11-22-40)30-29-44-45(51(53)58-37-42-25-14-5-15-26-42)27-16-28-47(44)54-33-38-17-6-1-7-18-38/h1-32H,33-37H2/b30-29-. The lowest BCUT2D eigenvalue weighted by atomic mass is 10.0. The minimum absolute atomic E-state index is 0.102. The molecule has 0 amide bonds. The van der Waals surface area contributed by atoms with Gasteiger partial charge in [-0.2, -0.15) is 0 Å². The van der Waals surface area contributed by atoms with Crippen LogP contribution in [-0.4, -0.2) is 11.9 Å². The molecule has 0 saturated carbocycles. The lowest BCUT2D eigenvalue weighted by Crippen LogP contribution is -2.09. The molecule has 7 aromatic rings. The highest BCUT2D eigenvalue weighted by Crippen LogP contribution is 2.36. The highest BCUT2D eigenvalue weighted by molar-refractivity contribution is 5.97. The molecular weight excluding hydrogens is 725 g/mol. The summed E-state index contributed by atoms with van der Waals surface area (Å²) in [5.74, 6) is 0.207. The van der Waals surface area contributed by atoms with Crippen LogP contribution in [0.25, 0.3) is 12.2 Å². The summed E-state index contributed by atoms with van der Waals surface area (Å²) < 4.78 is 30.9. The van der Waals surface area contributed by atoms with E-state index in [0.29, 0.717) is 33.9 Å². The number of esters is 2. The van der Waals surface area contributed by atoms with E-state index in [1.807, 2.05) is 164 Å². The first kappa shape index (κ1) is 38.9. The van der Waals surface area contributed by atoms with Crippen LogP contribution in [0.1, 0.15) is 59.7 Å². The molecule has 0 aliphatic heterocycles. The van der Waals surface area contributed by atoms with Crippen LogP contribution < -0.4 is 14.2 Å². The highest BCUT2D eigenvalue weighted by atomic mass is 16.5. The molecule has 7 heteroatoms. The first-order chi connectivity index (χ1) is 28.6. The van der Waals surface area contributed by atoms with Crippen LogP contribution in [0, 0.1) is 0 Å². The topological polar surface area (TPSA) is 80.3 Å². The van der Waals surface area contributed by atoms with Gasteiger partial charge < -0.3 is 23.7 Å². The van der Waals surface area contributed by atoms with Crippen molar-refractivity contribution < 1.29 is 33.3 Å². The predicted molar refractivity (Wildman–Crippen MR) is 225 cm³/mol. The van der Waals surface area contributed by atoms with Crippen molar-refractivity contribution in [1.82, 2.24) is 0 Å². The van der Waals surface area contributed by atoms with E-state index in [9.17, 15) is 9.59 Å². The van der Waals surface area contributed by atoms with E-state index >= 15 is 0 Å². The van der Waals surface area contributed by atoms with Crippen LogP contribution in [-0.2, 0) is 42.5 Å². The van der Waals surface area contributed by atoms with Gasteiger partial charge in [-0.05, 0) is 64.2 Å². The molecule has 7 rings (SSSR count). The Labute approximate surface area is 338 Å². The molecule has 0 radical (unpaired) electrons. The van der Waals surface area contributed by atoms with Crippen molar-refractivity contribution in [2.45, 2.75) is 33.0 Å². The Kier molecular flexibility index (Phi) is 13.4. The molecule has 0 heterocycles. The average Bonchev–Trinajstić information content (AvgIpc) is 3.29. The zero-order chi connectivity index (χ0) is 39.8. The van der Waals surface area contributed by atoms with E-state index in [1.165, 1.54) is 0 Å². The number of hydrogen-bond donors (Lipinski definition) is 0. The summed E-state index contributed by atoms with van der Waals surface area (Å²) in [6, 6.07) is 57.0. The zero-order valence-electron chi connectivity index (χ0n) is 31.9. The van der Waals surface area contributed by atoms with Crippen molar-refractivity contribution in [3.05, 3.63) is 232 Å². The molecule has 0 fully saturated rings. The second kappa shape index (κ2) is 20.0. The van der Waals surface area contributed by atoms with E-state index in [1.54, 1.807) is 30.3 Å². The Morgan fingerprint density at radius 3 is 1.16 bits per heavy atom. The maximum absolute atomic E-state index is 13.8. The van der Waals surface area contributed by atoms with Gasteiger partial charge >= 0.3 is 11.9 Å². The van der Waals surface area contributed by atoms with Gasteiger partial charge in [-0.1, -0.05) is 158 Å². The molecule has 0 aliphatic carbocycles. The summed E-state index contributed by atoms with van der Waals surface area (Å²) in [5.41, 5.74) is 6.20. The maximum Gasteiger partial charge on any atom is 0.339 e. The second-order valence-electron chi connectivity index (χ2n) is 13.4. The summed E-state index contributed by atoms with van der Waals surface area (Å²) in [6.07, 6.45) is 3.62. The SMILES string of the molecule is O=C(OCc1ccccc1)c1cc(OCc2ccccc2)c(/C=C\c2c(OCc3ccccc3)cccc2C(=O)OCc2ccccc2)c(OCc2ccccc2)c1. The van der Waals surface area contributed by atoms with Gasteiger partial charge in [-0.25, -0.2) is 9.59 Å². The molecule has 0 N–H and O–H groups in total. The molecular formula is C51H42O7. The van der Waals surface area contributed by atoms with Gasteiger partial charge in [0.15, 0.2) is 0 Å². The molecule has 7 nitrogen and oxygen atoms in total. The van der Waals surface area contributed by atoms with Crippen molar-refractivity contribution in [2.24, 2.45) is 0 Å². The van der Waals surface area contributed by atoms with Crippen molar-refractivity contribution in [2.75, 3.05) is 0 Å². The molecule has 7 aromatic carbocycles. The predicted octanol–water partition coefficient (Wildman–Crippen LogP) is 11.3. The molecule has 0 aromatic heterocycles. The van der Waals surface area contributed by atoms with Crippen molar-refractivity contribution in [3.63, 3.8) is 0 Å². The van der Waals surface area contributed by atoms with Gasteiger partial charge in [0, 0.05) is 5.56 Å². The lowest BCUT2D eigenvalue weighted by molar-refractivity contribution is 0.0463. The smallest absolute Gasteiger partial charge is 0.339 e. The van der Waals surface area contributed by atoms with Crippen LogP contribution in [0.3, 0.4) is 0 Å². The van der Waals surface area contributed by atoms with E-state index in [-0.39, 0.29) is 38.6 Å². The molecule has 58 heavy (non-hydrogen) atoms. The third kappa shape index (κ3) is 10.9. The monoisotopic (exact) mass is 766 g/mol. The van der Waals surface area contributed by atoms with Gasteiger partial charge in [0.25, 0.3) is 0 Å². The number of carbonyl (C=O) groups is 2. The van der Waals surface area contributed by atoms with Crippen LogP contribution in [0.2, 0.25) is 0 Å². The fourth-order valence-electron chi connectivity index (χ4n) is 6.12. The summed E-state index contributed by atoms with van der Waals surface area (Å²) >= 11 is 0. The van der Waals surface area contributed by atoms with Gasteiger partial charge in [0.1, 0.15) is 50.3 Å². The Hall–Kier alpha value is -7.38. The van der Waals surface area contributed by atoms with E-state index in [2.05, 4.69) is 0 Å². The van der Waals surface area contributed by atoms with Crippen LogP contribution in [0.15, 0.2) is 182 Å². The Balaban J connectivity index is 1.29. The van der Waals surface area contributed by atoms with Crippen LogP contribution in [0.5, 0.6) is 17.2 Å². The Morgan fingerprint density at radius 1 is 0.362 bits per heavy atom. The number of hydrogen-bond acceptors (Lipinski definition) is 7. The third-order valence-electron chi connectivity index (χ3n) is 9.18. The molecule has 0 spiro atoms. The lowest BCUT2D eigenvalue weighted by Gasteiger charge is -2.17. The maximum atomic E-state index is 13.8. The van der Waals surface area contributed by atoms with E-state index < -0.39 is 11.9 Å². The minimum atomic E-state index is -0.531. The Bertz CT molecular complexity index is 2350. The van der Waals surface area contributed by atoms with Gasteiger partial charge in [0.2, 0.25) is 0 Å². The summed E-state index contributed by atoms with van der Waals surface area (Å²) in [4.78, 5) is 27.5. The first-order valence-corrected chi connectivity index (χ1v) is 19.0. The molecule has 288 valence electrons. The van der Waals surface area contributed by atoms with Gasteiger partial charge in [0.05, 0.1) is 16.7 Å². The fourth-order valence-corrected chi connectivity index (χ4v) is 6.12. The van der Waals surface area contributed by atoms with Gasteiger partial charge in [-0.15, -0.1) is 0 Å². The minimum Gasteiger partial charge on any atom is -0.488 e. The van der Waals surface area contributed by atoms with Crippen molar-refractivity contribution in [1.29, 1.82) is 0 Å². The molecule has 0 unspecified atom stereocenters. The second-order valence-corrected chi connectivity index (χ2v) is 13.4. The van der Waals surface area contributed by atoms with Crippen LogP contribution in [0.4, 0.5) is 0 Å². The summed E-state index contributed by atoms with van der Waals surface area (Å²) in [5, 5.41) is 0. The molecule has 0 aliphatic rings. The number of ether oxygens (including phenoxy) is 5. The quantitative estimate of drug-likeness (QED) is 0.0674. The van der Waals surface area contributed by atoms with E-state index in [4.69, 9.17) is 23.7 Å². The Morgan fingerprint density at radius 2 is 0.724 bits per heavy atom. The van der Waals surface area contributed by atoms with E-state index in [0.717, 1.165) is 27.8 Å². The van der Waals surface area contributed by atoms with Crippen LogP contribution >= 0.6 is 0 Å². The average molecular weight is 767 g/mol. The normalized spacial score (nSPS) is 10.8. The molecule has 0 saturated heterocycles. The number of rotatable bonds is 17. The fraction of sp³-hybridized carbons (Fsp3) is 0.0980. The van der Waals surface area contributed by atoms with Gasteiger partial charge in [-0.3, -0.25) is 0 Å². The van der Waals surface area contributed by atoms with Crippen molar-refractivity contribution in [3.8, 4) is 17.2 Å². The zero-order valence-corrected chi connectivity index (χ0v) is 31.9. The number of carbonyl (C=O) groups excluding carboxylic acids is 2. The summed E-state index contributed by atoms with van der Waals surface area (Å²) in [7, 11) is 0. The largest absolute Gasteiger partial charge is 0.488 e. The summed E-state index contributed by atoms with van der Waals surface area (Å²) in [6.45, 7) is 0.923. The third-order valence-corrected chi connectivity index (χ3v) is 9.18. The molecule has 0 atom stereocenters.